The normalized spacial score (nSPS) is 14.6. The number of hydrogen-bond donors (Lipinski definition) is 0. The lowest BCUT2D eigenvalue weighted by Gasteiger charge is -2.35. The summed E-state index contributed by atoms with van der Waals surface area (Å²) in [6.07, 6.45) is 0.637. The number of carbonyl (C=O) groups is 2. The monoisotopic (exact) mass is 380 g/mol. The second-order valence-electron chi connectivity index (χ2n) is 5.98. The summed E-state index contributed by atoms with van der Waals surface area (Å²) < 4.78 is 19.2. The minimum absolute atomic E-state index is 0.0446. The molecule has 0 spiro atoms. The zero-order valence-corrected chi connectivity index (χ0v) is 15.0. The summed E-state index contributed by atoms with van der Waals surface area (Å²) in [5.41, 5.74) is -0.124. The topological polar surface area (TPSA) is 79.5 Å². The summed E-state index contributed by atoms with van der Waals surface area (Å²) in [5.74, 6) is -0.250. The molecule has 3 rings (SSSR count). The van der Waals surface area contributed by atoms with Crippen molar-refractivity contribution in [3.8, 4) is 0 Å². The van der Waals surface area contributed by atoms with Gasteiger partial charge in [-0.05, 0) is 12.1 Å². The molecule has 1 aliphatic heterocycles. The van der Waals surface area contributed by atoms with Crippen LogP contribution >= 0.6 is 11.6 Å². The second-order valence-corrected chi connectivity index (χ2v) is 6.39. The molecule has 138 valence electrons. The van der Waals surface area contributed by atoms with E-state index in [2.05, 4.69) is 10.2 Å². The maximum absolute atomic E-state index is 13.9. The third-order valence-electron chi connectivity index (χ3n) is 4.22. The first-order valence-corrected chi connectivity index (χ1v) is 8.63. The number of piperazine rings is 1. The molecule has 9 heteroatoms. The van der Waals surface area contributed by atoms with Crippen LogP contribution in [0.3, 0.4) is 0 Å². The second kappa shape index (κ2) is 7.82. The van der Waals surface area contributed by atoms with Crippen LogP contribution in [0.15, 0.2) is 22.6 Å². The van der Waals surface area contributed by atoms with Crippen molar-refractivity contribution in [2.75, 3.05) is 26.2 Å². The molecule has 1 saturated heterocycles. The predicted octanol–water partition coefficient (Wildman–Crippen LogP) is 2.09. The number of nitrogens with zero attached hydrogens (tertiary/aromatic N) is 4. The van der Waals surface area contributed by atoms with E-state index in [9.17, 15) is 14.0 Å². The smallest absolute Gasteiger partial charge is 0.258 e. The predicted molar refractivity (Wildman–Crippen MR) is 91.2 cm³/mol. The number of aryl methyl sites for hydroxylation is 2. The van der Waals surface area contributed by atoms with E-state index in [0.29, 0.717) is 44.4 Å². The van der Waals surface area contributed by atoms with Crippen LogP contribution in [0.5, 0.6) is 0 Å². The average molecular weight is 381 g/mol. The van der Waals surface area contributed by atoms with Gasteiger partial charge in [0.25, 0.3) is 5.91 Å². The standard InChI is InChI=1S/C17H18ClFN4O3/c1-11-20-21-14(26-11)5-6-15(24)22-7-9-23(10-8-22)17(25)16-12(18)3-2-4-13(16)19/h2-4H,5-10H2,1H3. The first-order valence-electron chi connectivity index (χ1n) is 8.25. The maximum atomic E-state index is 13.9. The van der Waals surface area contributed by atoms with E-state index in [-0.39, 0.29) is 22.9 Å². The summed E-state index contributed by atoms with van der Waals surface area (Å²) in [6.45, 7) is 3.12. The molecule has 1 aromatic heterocycles. The van der Waals surface area contributed by atoms with E-state index in [4.69, 9.17) is 16.0 Å². The van der Waals surface area contributed by atoms with Gasteiger partial charge in [0.2, 0.25) is 17.7 Å². The van der Waals surface area contributed by atoms with Crippen molar-refractivity contribution < 1.29 is 18.4 Å². The van der Waals surface area contributed by atoms with Crippen molar-refractivity contribution in [3.63, 3.8) is 0 Å². The minimum atomic E-state index is -0.643. The molecule has 1 fully saturated rings. The van der Waals surface area contributed by atoms with Gasteiger partial charge in [-0.2, -0.15) is 0 Å². The van der Waals surface area contributed by atoms with E-state index in [1.165, 1.54) is 23.1 Å². The molecule has 2 amide bonds. The lowest BCUT2D eigenvalue weighted by molar-refractivity contribution is -0.132. The Morgan fingerprint density at radius 2 is 1.88 bits per heavy atom. The van der Waals surface area contributed by atoms with E-state index < -0.39 is 11.7 Å². The summed E-state index contributed by atoms with van der Waals surface area (Å²) in [4.78, 5) is 28.0. The third-order valence-corrected chi connectivity index (χ3v) is 4.53. The number of amides is 2. The van der Waals surface area contributed by atoms with Crippen LogP contribution in [-0.4, -0.2) is 58.0 Å². The van der Waals surface area contributed by atoms with Crippen LogP contribution in [0, 0.1) is 12.7 Å². The van der Waals surface area contributed by atoms with E-state index in [1.54, 1.807) is 11.8 Å². The summed E-state index contributed by atoms with van der Waals surface area (Å²) in [7, 11) is 0. The Morgan fingerprint density at radius 3 is 2.50 bits per heavy atom. The Labute approximate surface area is 154 Å². The Balaban J connectivity index is 1.53. The number of hydrogen-bond acceptors (Lipinski definition) is 5. The first kappa shape index (κ1) is 18.3. The van der Waals surface area contributed by atoms with E-state index in [0.717, 1.165) is 0 Å². The zero-order chi connectivity index (χ0) is 18.7. The number of halogens is 2. The van der Waals surface area contributed by atoms with Crippen LogP contribution in [0.4, 0.5) is 4.39 Å². The Morgan fingerprint density at radius 1 is 1.19 bits per heavy atom. The Kier molecular flexibility index (Phi) is 5.51. The Bertz CT molecular complexity index is 798. The highest BCUT2D eigenvalue weighted by molar-refractivity contribution is 6.33. The lowest BCUT2D eigenvalue weighted by Crippen LogP contribution is -2.50. The summed E-state index contributed by atoms with van der Waals surface area (Å²) >= 11 is 5.95. The molecule has 7 nitrogen and oxygen atoms in total. The fraction of sp³-hybridized carbons (Fsp3) is 0.412. The maximum Gasteiger partial charge on any atom is 0.258 e. The molecule has 0 aliphatic carbocycles. The van der Waals surface area contributed by atoms with Crippen LogP contribution in [0.2, 0.25) is 5.02 Å². The highest BCUT2D eigenvalue weighted by Crippen LogP contribution is 2.21. The molecule has 0 radical (unpaired) electrons. The lowest BCUT2D eigenvalue weighted by atomic mass is 10.1. The third kappa shape index (κ3) is 4.01. The quantitative estimate of drug-likeness (QED) is 0.811. The SMILES string of the molecule is Cc1nnc(CCC(=O)N2CCN(C(=O)c3c(F)cccc3Cl)CC2)o1. The molecule has 1 aromatic carbocycles. The molecule has 0 N–H and O–H groups in total. The van der Waals surface area contributed by atoms with Crippen LogP contribution in [-0.2, 0) is 11.2 Å². The average Bonchev–Trinajstić information content (AvgIpc) is 3.05. The van der Waals surface area contributed by atoms with Crippen molar-refractivity contribution in [2.24, 2.45) is 0 Å². The highest BCUT2D eigenvalue weighted by Gasteiger charge is 2.27. The molecule has 1 aliphatic rings. The van der Waals surface area contributed by atoms with Crippen molar-refractivity contribution in [1.82, 2.24) is 20.0 Å². The van der Waals surface area contributed by atoms with Gasteiger partial charge in [-0.15, -0.1) is 10.2 Å². The molecule has 0 unspecified atom stereocenters. The largest absolute Gasteiger partial charge is 0.426 e. The van der Waals surface area contributed by atoms with Crippen molar-refractivity contribution in [1.29, 1.82) is 0 Å². The van der Waals surface area contributed by atoms with Gasteiger partial charge >= 0.3 is 0 Å². The zero-order valence-electron chi connectivity index (χ0n) is 14.2. The van der Waals surface area contributed by atoms with Gasteiger partial charge in [-0.25, -0.2) is 4.39 Å². The molecular weight excluding hydrogens is 363 g/mol. The molecule has 2 heterocycles. The molecular formula is C17H18ClFN4O3. The summed E-state index contributed by atoms with van der Waals surface area (Å²) in [6, 6.07) is 4.14. The first-order chi connectivity index (χ1) is 12.5. The molecule has 2 aromatic rings. The molecule has 0 bridgehead atoms. The molecule has 26 heavy (non-hydrogen) atoms. The van der Waals surface area contributed by atoms with E-state index >= 15 is 0 Å². The van der Waals surface area contributed by atoms with Gasteiger partial charge in [0.05, 0.1) is 10.6 Å². The number of carbonyl (C=O) groups excluding carboxylic acids is 2. The van der Waals surface area contributed by atoms with Gasteiger partial charge in [0, 0.05) is 45.9 Å². The van der Waals surface area contributed by atoms with Gasteiger partial charge in [0.1, 0.15) is 5.82 Å². The van der Waals surface area contributed by atoms with Gasteiger partial charge in [0.15, 0.2) is 0 Å². The number of benzene rings is 1. The van der Waals surface area contributed by atoms with Gasteiger partial charge in [-0.3, -0.25) is 9.59 Å². The fourth-order valence-electron chi connectivity index (χ4n) is 2.83. The van der Waals surface area contributed by atoms with Crippen molar-refractivity contribution >= 4 is 23.4 Å². The number of aromatic nitrogens is 2. The highest BCUT2D eigenvalue weighted by atomic mass is 35.5. The molecule has 0 saturated carbocycles. The summed E-state index contributed by atoms with van der Waals surface area (Å²) in [5, 5.41) is 7.67. The number of rotatable bonds is 4. The van der Waals surface area contributed by atoms with Gasteiger partial charge in [-0.1, -0.05) is 17.7 Å². The van der Waals surface area contributed by atoms with Crippen molar-refractivity contribution in [3.05, 3.63) is 46.4 Å². The van der Waals surface area contributed by atoms with Crippen molar-refractivity contribution in [2.45, 2.75) is 19.8 Å². The van der Waals surface area contributed by atoms with Crippen LogP contribution < -0.4 is 0 Å². The van der Waals surface area contributed by atoms with Crippen LogP contribution in [0.25, 0.3) is 0 Å². The Hall–Kier alpha value is -2.48. The molecule has 0 atom stereocenters. The van der Waals surface area contributed by atoms with E-state index in [1.807, 2.05) is 0 Å². The fourth-order valence-corrected chi connectivity index (χ4v) is 3.07. The van der Waals surface area contributed by atoms with Crippen LogP contribution in [0.1, 0.15) is 28.6 Å². The minimum Gasteiger partial charge on any atom is -0.426 e. The van der Waals surface area contributed by atoms with Gasteiger partial charge < -0.3 is 14.2 Å².